The smallest absolute Gasteiger partial charge is 0.347 e. The van der Waals surface area contributed by atoms with Crippen molar-refractivity contribution in [3.63, 3.8) is 0 Å². The van der Waals surface area contributed by atoms with E-state index in [0.717, 1.165) is 30.7 Å². The molecule has 0 saturated heterocycles. The van der Waals surface area contributed by atoms with Crippen molar-refractivity contribution in [2.45, 2.75) is 32.4 Å². The van der Waals surface area contributed by atoms with E-state index in [-0.39, 0.29) is 0 Å². The lowest BCUT2D eigenvalue weighted by atomic mass is 10.1. The summed E-state index contributed by atoms with van der Waals surface area (Å²) in [5, 5.41) is 0. The van der Waals surface area contributed by atoms with Crippen LogP contribution in [0.4, 0.5) is 13.2 Å². The van der Waals surface area contributed by atoms with Gasteiger partial charge in [-0.05, 0) is 24.1 Å². The fraction of sp³-hybridized carbons (Fsp3) is 0.333. The molecule has 0 saturated carbocycles. The number of benzene rings is 1. The van der Waals surface area contributed by atoms with E-state index in [9.17, 15) is 13.2 Å². The molecule has 1 heterocycles. The van der Waals surface area contributed by atoms with Gasteiger partial charge in [0.25, 0.3) is 0 Å². The van der Waals surface area contributed by atoms with Crippen molar-refractivity contribution < 1.29 is 13.2 Å². The maximum absolute atomic E-state index is 12.7. The second-order valence-electron chi connectivity index (χ2n) is 4.82. The Labute approximate surface area is 126 Å². The van der Waals surface area contributed by atoms with Crippen LogP contribution in [-0.4, -0.2) is 9.97 Å². The normalized spacial score (nSPS) is 11.6. The van der Waals surface area contributed by atoms with Crippen LogP contribution in [0.3, 0.4) is 0 Å². The Hall–Kier alpha value is -1.69. The first-order valence-corrected chi connectivity index (χ1v) is 7.04. The SMILES string of the molecule is CCCc1cc(=S)nc(Cc2cccc(C(F)(F)F)c2)[nH]1. The average molecular weight is 312 g/mol. The van der Waals surface area contributed by atoms with Crippen molar-refractivity contribution >= 4 is 12.2 Å². The van der Waals surface area contributed by atoms with Crippen LogP contribution in [0.15, 0.2) is 30.3 Å². The van der Waals surface area contributed by atoms with E-state index in [2.05, 4.69) is 9.97 Å². The Morgan fingerprint density at radius 1 is 1.24 bits per heavy atom. The minimum atomic E-state index is -4.33. The molecule has 0 radical (unpaired) electrons. The summed E-state index contributed by atoms with van der Waals surface area (Å²) in [6.45, 7) is 2.05. The van der Waals surface area contributed by atoms with Crippen LogP contribution < -0.4 is 0 Å². The van der Waals surface area contributed by atoms with Gasteiger partial charge in [0.2, 0.25) is 0 Å². The second-order valence-corrected chi connectivity index (χ2v) is 5.23. The Balaban J connectivity index is 2.28. The van der Waals surface area contributed by atoms with Crippen LogP contribution in [0.5, 0.6) is 0 Å². The molecule has 0 aliphatic carbocycles. The highest BCUT2D eigenvalue weighted by Crippen LogP contribution is 2.29. The summed E-state index contributed by atoms with van der Waals surface area (Å²) in [5.74, 6) is 0.588. The number of aromatic nitrogens is 2. The highest BCUT2D eigenvalue weighted by Gasteiger charge is 2.30. The van der Waals surface area contributed by atoms with Crippen LogP contribution in [0.2, 0.25) is 0 Å². The molecule has 0 atom stereocenters. The fourth-order valence-corrected chi connectivity index (χ4v) is 2.35. The van der Waals surface area contributed by atoms with Crippen LogP contribution in [0, 0.1) is 4.64 Å². The Kier molecular flexibility index (Phi) is 4.77. The van der Waals surface area contributed by atoms with Crippen molar-refractivity contribution in [3.05, 3.63) is 57.6 Å². The molecule has 1 aromatic heterocycles. The van der Waals surface area contributed by atoms with Crippen LogP contribution in [0.1, 0.15) is 36.0 Å². The predicted molar refractivity (Wildman–Crippen MR) is 77.7 cm³/mol. The van der Waals surface area contributed by atoms with Gasteiger partial charge in [0, 0.05) is 12.1 Å². The quantitative estimate of drug-likeness (QED) is 0.829. The molecule has 0 spiro atoms. The monoisotopic (exact) mass is 312 g/mol. The average Bonchev–Trinajstić information content (AvgIpc) is 2.37. The number of hydrogen-bond acceptors (Lipinski definition) is 2. The zero-order chi connectivity index (χ0) is 15.5. The molecule has 6 heteroatoms. The van der Waals surface area contributed by atoms with Gasteiger partial charge in [0.15, 0.2) is 0 Å². The molecule has 0 unspecified atom stereocenters. The Morgan fingerprint density at radius 2 is 2.00 bits per heavy atom. The second kappa shape index (κ2) is 6.39. The molecule has 0 fully saturated rings. The zero-order valence-corrected chi connectivity index (χ0v) is 12.3. The summed E-state index contributed by atoms with van der Waals surface area (Å²) in [7, 11) is 0. The number of nitrogens with one attached hydrogen (secondary N) is 1. The molecule has 2 aromatic rings. The van der Waals surface area contributed by atoms with Crippen LogP contribution in [0.25, 0.3) is 0 Å². The number of hydrogen-bond donors (Lipinski definition) is 1. The molecule has 1 N–H and O–H groups in total. The standard InChI is InChI=1S/C15H15F3N2S/c1-2-4-12-9-14(21)20-13(19-12)8-10-5-3-6-11(7-10)15(16,17)18/h3,5-7,9H,2,4,8H2,1H3,(H,19,20,21). The number of aryl methyl sites for hydroxylation is 1. The van der Waals surface area contributed by atoms with Gasteiger partial charge < -0.3 is 4.98 Å². The zero-order valence-electron chi connectivity index (χ0n) is 11.5. The summed E-state index contributed by atoms with van der Waals surface area (Å²) in [4.78, 5) is 7.32. The molecular weight excluding hydrogens is 297 g/mol. The number of aromatic amines is 1. The van der Waals surface area contributed by atoms with Gasteiger partial charge in [-0.3, -0.25) is 0 Å². The maximum Gasteiger partial charge on any atom is 0.416 e. The first-order chi connectivity index (χ1) is 9.88. The Morgan fingerprint density at radius 3 is 2.67 bits per heavy atom. The number of nitrogens with zero attached hydrogens (tertiary/aromatic N) is 1. The number of alkyl halides is 3. The molecule has 0 amide bonds. The fourth-order valence-electron chi connectivity index (χ4n) is 2.10. The van der Waals surface area contributed by atoms with Crippen molar-refractivity contribution in [1.82, 2.24) is 9.97 Å². The third-order valence-electron chi connectivity index (χ3n) is 2.99. The van der Waals surface area contributed by atoms with E-state index >= 15 is 0 Å². The molecule has 0 aliphatic heterocycles. The first kappa shape index (κ1) is 15.7. The minimum absolute atomic E-state index is 0.297. The number of halogens is 3. The van der Waals surface area contributed by atoms with Crippen molar-refractivity contribution in [2.75, 3.05) is 0 Å². The third-order valence-corrected chi connectivity index (χ3v) is 3.20. The lowest BCUT2D eigenvalue weighted by molar-refractivity contribution is -0.137. The molecule has 0 aliphatic rings. The lowest BCUT2D eigenvalue weighted by Gasteiger charge is -2.09. The molecule has 21 heavy (non-hydrogen) atoms. The molecule has 0 bridgehead atoms. The topological polar surface area (TPSA) is 28.7 Å². The highest BCUT2D eigenvalue weighted by atomic mass is 32.1. The van der Waals surface area contributed by atoms with Crippen molar-refractivity contribution in [2.24, 2.45) is 0 Å². The largest absolute Gasteiger partial charge is 0.416 e. The molecular formula is C15H15F3N2S. The van der Waals surface area contributed by atoms with Gasteiger partial charge in [0.1, 0.15) is 10.5 Å². The van der Waals surface area contributed by atoms with Gasteiger partial charge in [-0.25, -0.2) is 4.98 Å². The molecule has 2 rings (SSSR count). The van der Waals surface area contributed by atoms with Gasteiger partial charge in [-0.15, -0.1) is 0 Å². The number of H-pyrrole nitrogens is 1. The van der Waals surface area contributed by atoms with E-state index in [0.29, 0.717) is 22.4 Å². The van der Waals surface area contributed by atoms with E-state index in [4.69, 9.17) is 12.2 Å². The molecule has 112 valence electrons. The highest BCUT2D eigenvalue weighted by molar-refractivity contribution is 7.71. The third kappa shape index (κ3) is 4.39. The van der Waals surface area contributed by atoms with E-state index < -0.39 is 11.7 Å². The van der Waals surface area contributed by atoms with Crippen LogP contribution >= 0.6 is 12.2 Å². The summed E-state index contributed by atoms with van der Waals surface area (Å²) in [6.07, 6.45) is -2.24. The lowest BCUT2D eigenvalue weighted by Crippen LogP contribution is -2.06. The van der Waals surface area contributed by atoms with Gasteiger partial charge in [-0.2, -0.15) is 13.2 Å². The Bertz CT molecular complexity index is 677. The predicted octanol–water partition coefficient (Wildman–Crippen LogP) is 4.70. The van der Waals surface area contributed by atoms with Gasteiger partial charge in [0.05, 0.1) is 5.56 Å². The molecule has 1 aromatic carbocycles. The van der Waals surface area contributed by atoms with E-state index in [1.165, 1.54) is 6.07 Å². The summed E-state index contributed by atoms with van der Waals surface area (Å²) >= 11 is 5.09. The van der Waals surface area contributed by atoms with Gasteiger partial charge >= 0.3 is 6.18 Å². The van der Waals surface area contributed by atoms with Gasteiger partial charge in [-0.1, -0.05) is 43.8 Å². The minimum Gasteiger partial charge on any atom is -0.347 e. The summed E-state index contributed by atoms with van der Waals surface area (Å²) in [6, 6.07) is 7.05. The number of rotatable bonds is 4. The first-order valence-electron chi connectivity index (χ1n) is 6.63. The van der Waals surface area contributed by atoms with Crippen LogP contribution in [-0.2, 0) is 19.0 Å². The van der Waals surface area contributed by atoms with Crippen molar-refractivity contribution in [1.29, 1.82) is 0 Å². The summed E-state index contributed by atoms with van der Waals surface area (Å²) < 4.78 is 38.5. The van der Waals surface area contributed by atoms with E-state index in [1.807, 2.05) is 6.92 Å². The van der Waals surface area contributed by atoms with E-state index in [1.54, 1.807) is 12.1 Å². The van der Waals surface area contributed by atoms with Crippen molar-refractivity contribution in [3.8, 4) is 0 Å². The molecule has 2 nitrogen and oxygen atoms in total. The maximum atomic E-state index is 12.7. The summed E-state index contributed by atoms with van der Waals surface area (Å²) in [5.41, 5.74) is 0.861.